The van der Waals surface area contributed by atoms with Crippen molar-refractivity contribution in [2.24, 2.45) is 17.6 Å². The zero-order chi connectivity index (χ0) is 29.8. The van der Waals surface area contributed by atoms with Gasteiger partial charge in [0.2, 0.25) is 23.6 Å². The van der Waals surface area contributed by atoms with Gasteiger partial charge in [0.1, 0.15) is 17.9 Å². The van der Waals surface area contributed by atoms with Crippen molar-refractivity contribution in [1.29, 1.82) is 0 Å². The summed E-state index contributed by atoms with van der Waals surface area (Å²) in [6, 6.07) is 18.3. The lowest BCUT2D eigenvalue weighted by atomic mass is 9.94. The fourth-order valence-corrected chi connectivity index (χ4v) is 5.85. The number of halogens is 1. The molecule has 2 fully saturated rings. The van der Waals surface area contributed by atoms with Crippen molar-refractivity contribution < 1.29 is 23.6 Å². The molecule has 8 nitrogen and oxygen atoms in total. The third-order valence-corrected chi connectivity index (χ3v) is 8.29. The minimum Gasteiger partial charge on any atom is -0.369 e. The number of carbonyl (C=O) groups is 4. The Balaban J connectivity index is 1.32. The molecule has 3 unspecified atom stereocenters. The summed E-state index contributed by atoms with van der Waals surface area (Å²) < 4.78 is 13.5. The lowest BCUT2D eigenvalue weighted by molar-refractivity contribution is -0.154. The summed E-state index contributed by atoms with van der Waals surface area (Å²) in [7, 11) is 0. The number of nitrogens with one attached hydrogen (secondary N) is 1. The van der Waals surface area contributed by atoms with Crippen molar-refractivity contribution in [3.63, 3.8) is 0 Å². The van der Waals surface area contributed by atoms with E-state index in [1.807, 2.05) is 42.5 Å². The highest BCUT2D eigenvalue weighted by atomic mass is 19.1. The van der Waals surface area contributed by atoms with Crippen molar-refractivity contribution >= 4 is 34.4 Å². The number of rotatable bonds is 11. The number of primary amides is 1. The Morgan fingerprint density at radius 1 is 0.952 bits per heavy atom. The molecule has 0 aromatic heterocycles. The number of fused-ring (bicyclic) bond motifs is 1. The maximum atomic E-state index is 13.9. The van der Waals surface area contributed by atoms with Crippen LogP contribution in [0.3, 0.4) is 0 Å². The first-order chi connectivity index (χ1) is 20.2. The maximum Gasteiger partial charge on any atom is 0.246 e. The van der Waals surface area contributed by atoms with Crippen molar-refractivity contribution in [2.45, 2.75) is 51.1 Å². The summed E-state index contributed by atoms with van der Waals surface area (Å²) in [6.45, 7) is 2.06. The Hall–Kier alpha value is -4.27. The molecule has 220 valence electrons. The number of hydrogen-bond acceptors (Lipinski definition) is 4. The van der Waals surface area contributed by atoms with Crippen LogP contribution in [-0.4, -0.2) is 65.1 Å². The lowest BCUT2D eigenvalue weighted by Gasteiger charge is -2.43. The van der Waals surface area contributed by atoms with Crippen LogP contribution in [0.15, 0.2) is 66.7 Å². The van der Waals surface area contributed by atoms with Gasteiger partial charge in [0.15, 0.2) is 0 Å². The molecular weight excluding hydrogens is 535 g/mol. The van der Waals surface area contributed by atoms with Gasteiger partial charge in [-0.15, -0.1) is 0 Å². The van der Waals surface area contributed by atoms with Crippen LogP contribution in [0.1, 0.15) is 37.3 Å². The Morgan fingerprint density at radius 3 is 2.31 bits per heavy atom. The molecule has 0 spiro atoms. The van der Waals surface area contributed by atoms with Gasteiger partial charge in [0.05, 0.1) is 5.92 Å². The SMILES string of the molecule is CC(=O)NC(Cc1ccc(F)cc1)C(=O)N1CCN(CC(Cc2ccc3ccccc3c2)C(N)=O)C(=O)C1CC1CC1. The van der Waals surface area contributed by atoms with E-state index in [1.165, 1.54) is 19.1 Å². The number of piperazine rings is 1. The zero-order valence-electron chi connectivity index (χ0n) is 23.8. The second kappa shape index (κ2) is 12.7. The van der Waals surface area contributed by atoms with Crippen LogP contribution >= 0.6 is 0 Å². The van der Waals surface area contributed by atoms with Gasteiger partial charge in [-0.25, -0.2) is 4.39 Å². The second-order valence-electron chi connectivity index (χ2n) is 11.6. The molecule has 1 saturated carbocycles. The Kier molecular flexibility index (Phi) is 8.85. The van der Waals surface area contributed by atoms with E-state index in [4.69, 9.17) is 5.73 Å². The van der Waals surface area contributed by atoms with E-state index < -0.39 is 23.9 Å². The molecule has 42 heavy (non-hydrogen) atoms. The first kappa shape index (κ1) is 29.2. The fourth-order valence-electron chi connectivity index (χ4n) is 5.85. The van der Waals surface area contributed by atoms with Crippen LogP contribution in [0.4, 0.5) is 4.39 Å². The zero-order valence-corrected chi connectivity index (χ0v) is 23.8. The molecule has 3 N–H and O–H groups in total. The molecule has 3 atom stereocenters. The molecule has 3 aromatic rings. The van der Waals surface area contributed by atoms with Gasteiger partial charge < -0.3 is 20.9 Å². The number of benzene rings is 3. The summed E-state index contributed by atoms with van der Waals surface area (Å²) in [4.78, 5) is 55.5. The van der Waals surface area contributed by atoms with E-state index >= 15 is 0 Å². The molecule has 2 aliphatic rings. The highest BCUT2D eigenvalue weighted by Gasteiger charge is 2.43. The monoisotopic (exact) mass is 572 g/mol. The first-order valence-corrected chi connectivity index (χ1v) is 14.6. The third kappa shape index (κ3) is 7.13. The average molecular weight is 573 g/mol. The normalized spacial score (nSPS) is 18.5. The van der Waals surface area contributed by atoms with Crippen LogP contribution in [0.2, 0.25) is 0 Å². The fraction of sp³-hybridized carbons (Fsp3) is 0.394. The number of nitrogens with two attached hydrogens (primary N) is 1. The smallest absolute Gasteiger partial charge is 0.246 e. The summed E-state index contributed by atoms with van der Waals surface area (Å²) in [6.07, 6.45) is 3.13. The molecule has 9 heteroatoms. The van der Waals surface area contributed by atoms with Gasteiger partial charge in [-0.1, -0.05) is 67.4 Å². The van der Waals surface area contributed by atoms with E-state index in [2.05, 4.69) is 5.32 Å². The molecule has 0 bridgehead atoms. The number of hydrogen-bond donors (Lipinski definition) is 2. The molecule has 1 heterocycles. The highest BCUT2D eigenvalue weighted by molar-refractivity contribution is 5.93. The quantitative estimate of drug-likeness (QED) is 0.367. The van der Waals surface area contributed by atoms with E-state index in [0.717, 1.165) is 29.2 Å². The summed E-state index contributed by atoms with van der Waals surface area (Å²) in [5.74, 6) is -1.98. The van der Waals surface area contributed by atoms with Crippen LogP contribution in [0.5, 0.6) is 0 Å². The molecule has 3 aromatic carbocycles. The molecule has 1 aliphatic carbocycles. The Morgan fingerprint density at radius 2 is 1.64 bits per heavy atom. The van der Waals surface area contributed by atoms with Crippen LogP contribution in [0.25, 0.3) is 10.8 Å². The molecular formula is C33H37FN4O4. The van der Waals surface area contributed by atoms with E-state index in [1.54, 1.807) is 21.9 Å². The summed E-state index contributed by atoms with van der Waals surface area (Å²) >= 11 is 0. The summed E-state index contributed by atoms with van der Waals surface area (Å²) in [5, 5.41) is 4.91. The predicted molar refractivity (Wildman–Crippen MR) is 157 cm³/mol. The first-order valence-electron chi connectivity index (χ1n) is 14.6. The molecule has 1 aliphatic heterocycles. The van der Waals surface area contributed by atoms with Crippen molar-refractivity contribution in [2.75, 3.05) is 19.6 Å². The molecule has 1 saturated heterocycles. The Bertz CT molecular complexity index is 1470. The van der Waals surface area contributed by atoms with Gasteiger partial charge in [-0.2, -0.15) is 0 Å². The van der Waals surface area contributed by atoms with E-state index in [0.29, 0.717) is 24.3 Å². The van der Waals surface area contributed by atoms with Gasteiger partial charge in [-0.05, 0) is 52.8 Å². The third-order valence-electron chi connectivity index (χ3n) is 8.29. The maximum absolute atomic E-state index is 13.9. The minimum absolute atomic E-state index is 0.175. The Labute approximate surface area is 245 Å². The van der Waals surface area contributed by atoms with Gasteiger partial charge >= 0.3 is 0 Å². The summed E-state index contributed by atoms with van der Waals surface area (Å²) in [5.41, 5.74) is 7.49. The number of carbonyl (C=O) groups excluding carboxylic acids is 4. The lowest BCUT2D eigenvalue weighted by Crippen LogP contribution is -2.63. The number of nitrogens with zero attached hydrogens (tertiary/aromatic N) is 2. The standard InChI is InChI=1S/C33H37FN4O4/c1-21(39)36-29(18-22-9-12-28(34)13-10-22)32(41)38-15-14-37(33(42)30(38)19-23-6-7-23)20-27(31(35)40)17-24-8-11-25-4-2-3-5-26(25)16-24/h2-5,8-13,16,23,27,29-30H,6-7,14-15,17-20H2,1H3,(H2,35,40)(H,36,39). The van der Waals surface area contributed by atoms with Crippen molar-refractivity contribution in [1.82, 2.24) is 15.1 Å². The average Bonchev–Trinajstić information content (AvgIpc) is 3.79. The van der Waals surface area contributed by atoms with Crippen molar-refractivity contribution in [3.05, 3.63) is 83.7 Å². The second-order valence-corrected chi connectivity index (χ2v) is 11.6. The van der Waals surface area contributed by atoms with Gasteiger partial charge in [0.25, 0.3) is 0 Å². The molecule has 4 amide bonds. The van der Waals surface area contributed by atoms with Gasteiger partial charge in [0, 0.05) is 33.0 Å². The minimum atomic E-state index is -0.889. The number of amides is 4. The topological polar surface area (TPSA) is 113 Å². The molecule has 0 radical (unpaired) electrons. The van der Waals surface area contributed by atoms with E-state index in [9.17, 15) is 23.6 Å². The van der Waals surface area contributed by atoms with Crippen LogP contribution in [-0.2, 0) is 32.0 Å². The van der Waals surface area contributed by atoms with Crippen LogP contribution < -0.4 is 11.1 Å². The van der Waals surface area contributed by atoms with E-state index in [-0.39, 0.29) is 49.6 Å². The van der Waals surface area contributed by atoms with Gasteiger partial charge in [-0.3, -0.25) is 19.2 Å². The molecule has 5 rings (SSSR count). The largest absolute Gasteiger partial charge is 0.369 e. The van der Waals surface area contributed by atoms with Crippen LogP contribution in [0, 0.1) is 17.7 Å². The highest BCUT2D eigenvalue weighted by Crippen LogP contribution is 2.36. The van der Waals surface area contributed by atoms with Crippen molar-refractivity contribution in [3.8, 4) is 0 Å². The predicted octanol–water partition coefficient (Wildman–Crippen LogP) is 3.21.